The van der Waals surface area contributed by atoms with Gasteiger partial charge in [-0.15, -0.1) is 0 Å². The smallest absolute Gasteiger partial charge is 0.105 e. The van der Waals surface area contributed by atoms with E-state index in [1.54, 1.807) is 0 Å². The maximum atomic E-state index is 5.84. The second-order valence-corrected chi connectivity index (χ2v) is 3.43. The zero-order valence-electron chi connectivity index (χ0n) is 6.66. The Morgan fingerprint density at radius 2 is 2.09 bits per heavy atom. The highest BCUT2D eigenvalue weighted by Crippen LogP contribution is 2.23. The van der Waals surface area contributed by atoms with Gasteiger partial charge in [0.25, 0.3) is 0 Å². The molecule has 0 bridgehead atoms. The SMILES string of the molecule is NC1CCCC1OC1COC1. The summed E-state index contributed by atoms with van der Waals surface area (Å²) in [5, 5.41) is 0. The van der Waals surface area contributed by atoms with Crippen molar-refractivity contribution in [1.29, 1.82) is 0 Å². The summed E-state index contributed by atoms with van der Waals surface area (Å²) in [7, 11) is 0. The maximum Gasteiger partial charge on any atom is 0.105 e. The van der Waals surface area contributed by atoms with E-state index >= 15 is 0 Å². The molecule has 64 valence electrons. The molecule has 2 unspecified atom stereocenters. The van der Waals surface area contributed by atoms with Gasteiger partial charge in [-0.2, -0.15) is 0 Å². The van der Waals surface area contributed by atoms with Gasteiger partial charge in [-0.05, 0) is 19.3 Å². The summed E-state index contributed by atoms with van der Waals surface area (Å²) < 4.78 is 10.7. The van der Waals surface area contributed by atoms with Crippen LogP contribution < -0.4 is 5.73 Å². The third kappa shape index (κ3) is 1.55. The van der Waals surface area contributed by atoms with Gasteiger partial charge < -0.3 is 15.2 Å². The average molecular weight is 157 g/mol. The second kappa shape index (κ2) is 3.09. The van der Waals surface area contributed by atoms with Crippen LogP contribution in [0.4, 0.5) is 0 Å². The summed E-state index contributed by atoms with van der Waals surface area (Å²) >= 11 is 0. The van der Waals surface area contributed by atoms with Crippen LogP contribution in [0.15, 0.2) is 0 Å². The van der Waals surface area contributed by atoms with E-state index in [4.69, 9.17) is 15.2 Å². The van der Waals surface area contributed by atoms with Crippen LogP contribution in [0.25, 0.3) is 0 Å². The second-order valence-electron chi connectivity index (χ2n) is 3.43. The van der Waals surface area contributed by atoms with Crippen LogP contribution in [0.1, 0.15) is 19.3 Å². The first-order chi connectivity index (χ1) is 5.36. The Morgan fingerprint density at radius 1 is 1.27 bits per heavy atom. The topological polar surface area (TPSA) is 44.5 Å². The van der Waals surface area contributed by atoms with Crippen molar-refractivity contribution in [3.63, 3.8) is 0 Å². The Labute approximate surface area is 66.8 Å². The highest BCUT2D eigenvalue weighted by Gasteiger charge is 2.30. The molecule has 2 atom stereocenters. The molecule has 2 fully saturated rings. The van der Waals surface area contributed by atoms with Crippen LogP contribution in [0, 0.1) is 0 Å². The van der Waals surface area contributed by atoms with Crippen LogP contribution in [0.2, 0.25) is 0 Å². The van der Waals surface area contributed by atoms with Crippen LogP contribution in [-0.2, 0) is 9.47 Å². The van der Waals surface area contributed by atoms with E-state index in [1.807, 2.05) is 0 Å². The molecule has 1 saturated carbocycles. The molecule has 1 heterocycles. The van der Waals surface area contributed by atoms with E-state index < -0.39 is 0 Å². The lowest BCUT2D eigenvalue weighted by atomic mass is 10.2. The van der Waals surface area contributed by atoms with Gasteiger partial charge in [0.15, 0.2) is 0 Å². The molecule has 2 rings (SSSR count). The average Bonchev–Trinajstić information content (AvgIpc) is 2.27. The summed E-state index contributed by atoms with van der Waals surface area (Å²) in [6.45, 7) is 1.53. The van der Waals surface area contributed by atoms with Gasteiger partial charge in [-0.3, -0.25) is 0 Å². The molecule has 11 heavy (non-hydrogen) atoms. The van der Waals surface area contributed by atoms with Crippen LogP contribution in [0.3, 0.4) is 0 Å². The molecule has 1 saturated heterocycles. The predicted molar refractivity (Wildman–Crippen MR) is 41.3 cm³/mol. The van der Waals surface area contributed by atoms with Crippen LogP contribution in [0.5, 0.6) is 0 Å². The lowest BCUT2D eigenvalue weighted by Gasteiger charge is -2.30. The van der Waals surface area contributed by atoms with Gasteiger partial charge in [0.05, 0.1) is 19.3 Å². The van der Waals surface area contributed by atoms with Crippen molar-refractivity contribution in [3.05, 3.63) is 0 Å². The normalized spacial score (nSPS) is 39.0. The molecule has 1 aliphatic heterocycles. The standard InChI is InChI=1S/C8H15NO2/c9-7-2-1-3-8(7)11-6-4-10-5-6/h6-8H,1-5,9H2. The van der Waals surface area contributed by atoms with Gasteiger partial charge in [0, 0.05) is 6.04 Å². The van der Waals surface area contributed by atoms with Gasteiger partial charge in [0.1, 0.15) is 6.10 Å². The molecule has 1 aliphatic carbocycles. The summed E-state index contributed by atoms with van der Waals surface area (Å²) in [5.74, 6) is 0. The number of rotatable bonds is 2. The van der Waals surface area contributed by atoms with Gasteiger partial charge in [0.2, 0.25) is 0 Å². The zero-order chi connectivity index (χ0) is 7.68. The maximum absolute atomic E-state index is 5.84. The third-order valence-electron chi connectivity index (χ3n) is 2.48. The zero-order valence-corrected chi connectivity index (χ0v) is 6.66. The Balaban J connectivity index is 1.75. The molecule has 0 spiro atoms. The van der Waals surface area contributed by atoms with Crippen LogP contribution in [-0.4, -0.2) is 31.5 Å². The summed E-state index contributed by atoms with van der Waals surface area (Å²) in [6, 6.07) is 0.274. The molecular formula is C8H15NO2. The fraction of sp³-hybridized carbons (Fsp3) is 1.00. The lowest BCUT2D eigenvalue weighted by molar-refractivity contribution is -0.155. The van der Waals surface area contributed by atoms with E-state index in [-0.39, 0.29) is 6.04 Å². The molecule has 0 aromatic rings. The summed E-state index contributed by atoms with van der Waals surface area (Å²) in [6.07, 6.45) is 4.13. The van der Waals surface area contributed by atoms with Crippen molar-refractivity contribution >= 4 is 0 Å². The largest absolute Gasteiger partial charge is 0.376 e. The van der Waals surface area contributed by atoms with Crippen molar-refractivity contribution < 1.29 is 9.47 Å². The third-order valence-corrected chi connectivity index (χ3v) is 2.48. The molecule has 2 N–H and O–H groups in total. The molecule has 0 amide bonds. The molecule has 0 radical (unpaired) electrons. The summed E-state index contributed by atoms with van der Waals surface area (Å²) in [4.78, 5) is 0. The molecular weight excluding hydrogens is 142 g/mol. The van der Waals surface area contributed by atoms with E-state index in [9.17, 15) is 0 Å². The van der Waals surface area contributed by atoms with E-state index in [2.05, 4.69) is 0 Å². The number of hydrogen-bond acceptors (Lipinski definition) is 3. The lowest BCUT2D eigenvalue weighted by Crippen LogP contribution is -2.43. The molecule has 0 aromatic carbocycles. The van der Waals surface area contributed by atoms with Crippen LogP contribution >= 0.6 is 0 Å². The first-order valence-electron chi connectivity index (χ1n) is 4.35. The first-order valence-corrected chi connectivity index (χ1v) is 4.35. The van der Waals surface area contributed by atoms with Crippen molar-refractivity contribution in [3.8, 4) is 0 Å². The van der Waals surface area contributed by atoms with Crippen molar-refractivity contribution in [2.45, 2.75) is 37.5 Å². The van der Waals surface area contributed by atoms with Crippen molar-refractivity contribution in [1.82, 2.24) is 0 Å². The van der Waals surface area contributed by atoms with E-state index in [1.165, 1.54) is 6.42 Å². The van der Waals surface area contributed by atoms with Gasteiger partial charge in [-0.1, -0.05) is 0 Å². The highest BCUT2D eigenvalue weighted by molar-refractivity contribution is 4.82. The minimum absolute atomic E-state index is 0.274. The highest BCUT2D eigenvalue weighted by atomic mass is 16.6. The van der Waals surface area contributed by atoms with Crippen molar-refractivity contribution in [2.75, 3.05) is 13.2 Å². The van der Waals surface area contributed by atoms with Crippen molar-refractivity contribution in [2.24, 2.45) is 5.73 Å². The summed E-state index contributed by atoms with van der Waals surface area (Å²) in [5.41, 5.74) is 5.84. The Bertz CT molecular complexity index is 136. The number of hydrogen-bond donors (Lipinski definition) is 1. The van der Waals surface area contributed by atoms with Gasteiger partial charge >= 0.3 is 0 Å². The quantitative estimate of drug-likeness (QED) is 0.626. The molecule has 3 nitrogen and oxygen atoms in total. The molecule has 2 aliphatic rings. The predicted octanol–water partition coefficient (Wildman–Crippen LogP) is 0.282. The van der Waals surface area contributed by atoms with E-state index in [0.717, 1.165) is 26.1 Å². The molecule has 3 heteroatoms. The number of nitrogens with two attached hydrogens (primary N) is 1. The minimum atomic E-state index is 0.274. The van der Waals surface area contributed by atoms with Gasteiger partial charge in [-0.25, -0.2) is 0 Å². The Kier molecular flexibility index (Phi) is 2.11. The number of ether oxygens (including phenoxy) is 2. The minimum Gasteiger partial charge on any atom is -0.376 e. The Morgan fingerprint density at radius 3 is 2.55 bits per heavy atom. The monoisotopic (exact) mass is 157 g/mol. The fourth-order valence-corrected chi connectivity index (χ4v) is 1.66. The fourth-order valence-electron chi connectivity index (χ4n) is 1.66. The first kappa shape index (κ1) is 7.53. The molecule has 0 aromatic heterocycles. The van der Waals surface area contributed by atoms with E-state index in [0.29, 0.717) is 12.2 Å². The Hall–Kier alpha value is -0.120.